The first-order chi connectivity index (χ1) is 9.98. The topological polar surface area (TPSA) is 51.8 Å². The molecule has 0 fully saturated rings. The summed E-state index contributed by atoms with van der Waals surface area (Å²) in [4.78, 5) is 9.29. The molecule has 1 aliphatic carbocycles. The van der Waals surface area contributed by atoms with Crippen molar-refractivity contribution in [3.63, 3.8) is 0 Å². The summed E-state index contributed by atoms with van der Waals surface area (Å²) in [5.74, 6) is 1.08. The second-order valence-corrected chi connectivity index (χ2v) is 6.20. The molecule has 21 heavy (non-hydrogen) atoms. The van der Waals surface area contributed by atoms with Crippen molar-refractivity contribution >= 4 is 5.82 Å². The van der Waals surface area contributed by atoms with Crippen molar-refractivity contribution in [2.24, 2.45) is 0 Å². The van der Waals surface area contributed by atoms with Crippen LogP contribution in [0.1, 0.15) is 49.3 Å². The Bertz CT molecular complexity index is 662. The number of hydrogen-bond acceptors (Lipinski definition) is 3. The number of fused-ring (bicyclic) bond motifs is 1. The maximum absolute atomic E-state index is 13.1. The monoisotopic (exact) mass is 285 g/mol. The SMILES string of the molecule is CC(C)(c1ccc(F)cc1)c1nc(N)c2c(n1)CCCC2. The first kappa shape index (κ1) is 14.0. The Labute approximate surface area is 124 Å². The van der Waals surface area contributed by atoms with Crippen LogP contribution in [0.25, 0.3) is 0 Å². The number of nitrogens with two attached hydrogens (primary N) is 1. The van der Waals surface area contributed by atoms with Gasteiger partial charge in [-0.3, -0.25) is 0 Å². The smallest absolute Gasteiger partial charge is 0.140 e. The van der Waals surface area contributed by atoms with E-state index in [1.165, 1.54) is 12.1 Å². The molecule has 2 N–H and O–H groups in total. The Morgan fingerprint density at radius 2 is 1.71 bits per heavy atom. The van der Waals surface area contributed by atoms with E-state index in [0.717, 1.165) is 42.5 Å². The van der Waals surface area contributed by atoms with Crippen LogP contribution in [0.3, 0.4) is 0 Å². The fourth-order valence-corrected chi connectivity index (χ4v) is 2.90. The Hall–Kier alpha value is -1.97. The predicted molar refractivity (Wildman–Crippen MR) is 81.6 cm³/mol. The van der Waals surface area contributed by atoms with Gasteiger partial charge in [0.05, 0.1) is 0 Å². The number of aryl methyl sites for hydroxylation is 1. The third-order valence-corrected chi connectivity index (χ3v) is 4.34. The number of aromatic nitrogens is 2. The van der Waals surface area contributed by atoms with Crippen LogP contribution < -0.4 is 5.73 Å². The number of halogens is 1. The van der Waals surface area contributed by atoms with Gasteiger partial charge < -0.3 is 5.73 Å². The van der Waals surface area contributed by atoms with E-state index in [-0.39, 0.29) is 5.82 Å². The van der Waals surface area contributed by atoms with E-state index in [1.807, 2.05) is 13.8 Å². The number of anilines is 1. The van der Waals surface area contributed by atoms with Gasteiger partial charge in [0.15, 0.2) is 0 Å². The largest absolute Gasteiger partial charge is 0.383 e. The molecule has 0 unspecified atom stereocenters. The Balaban J connectivity index is 2.06. The lowest BCUT2D eigenvalue weighted by Gasteiger charge is -2.26. The third kappa shape index (κ3) is 2.50. The van der Waals surface area contributed by atoms with Gasteiger partial charge in [0.25, 0.3) is 0 Å². The second kappa shape index (κ2) is 5.10. The van der Waals surface area contributed by atoms with Gasteiger partial charge in [0, 0.05) is 16.7 Å². The lowest BCUT2D eigenvalue weighted by atomic mass is 9.83. The van der Waals surface area contributed by atoms with Crippen molar-refractivity contribution < 1.29 is 4.39 Å². The molecule has 1 aromatic heterocycles. The fraction of sp³-hybridized carbons (Fsp3) is 0.412. The Morgan fingerprint density at radius 3 is 2.43 bits per heavy atom. The number of benzene rings is 1. The zero-order valence-corrected chi connectivity index (χ0v) is 12.5. The summed E-state index contributed by atoms with van der Waals surface area (Å²) in [6, 6.07) is 6.51. The Morgan fingerprint density at radius 1 is 1.05 bits per heavy atom. The van der Waals surface area contributed by atoms with Gasteiger partial charge in [-0.05, 0) is 57.2 Å². The van der Waals surface area contributed by atoms with E-state index < -0.39 is 5.41 Å². The summed E-state index contributed by atoms with van der Waals surface area (Å²) < 4.78 is 13.1. The molecule has 1 heterocycles. The summed E-state index contributed by atoms with van der Waals surface area (Å²) in [6.45, 7) is 4.09. The molecule has 0 amide bonds. The molecule has 0 aliphatic heterocycles. The molecule has 3 rings (SSSR count). The number of rotatable bonds is 2. The second-order valence-electron chi connectivity index (χ2n) is 6.20. The van der Waals surface area contributed by atoms with Gasteiger partial charge in [-0.1, -0.05) is 12.1 Å². The van der Waals surface area contributed by atoms with E-state index in [4.69, 9.17) is 10.7 Å². The van der Waals surface area contributed by atoms with E-state index >= 15 is 0 Å². The minimum atomic E-state index is -0.395. The fourth-order valence-electron chi connectivity index (χ4n) is 2.90. The molecule has 0 spiro atoms. The van der Waals surface area contributed by atoms with Gasteiger partial charge in [0.1, 0.15) is 17.5 Å². The highest BCUT2D eigenvalue weighted by Gasteiger charge is 2.29. The summed E-state index contributed by atoms with van der Waals surface area (Å²) in [7, 11) is 0. The summed E-state index contributed by atoms with van der Waals surface area (Å²) in [5, 5.41) is 0. The normalized spacial score (nSPS) is 14.8. The maximum atomic E-state index is 13.1. The highest BCUT2D eigenvalue weighted by molar-refractivity contribution is 5.45. The molecule has 0 saturated heterocycles. The van der Waals surface area contributed by atoms with Crippen LogP contribution in [0.2, 0.25) is 0 Å². The zero-order valence-electron chi connectivity index (χ0n) is 12.5. The van der Waals surface area contributed by atoms with Crippen LogP contribution in [0, 0.1) is 5.82 Å². The van der Waals surface area contributed by atoms with Crippen LogP contribution in [0.5, 0.6) is 0 Å². The molecule has 3 nitrogen and oxygen atoms in total. The number of hydrogen-bond donors (Lipinski definition) is 1. The van der Waals surface area contributed by atoms with E-state index in [9.17, 15) is 4.39 Å². The first-order valence-corrected chi connectivity index (χ1v) is 7.40. The minimum Gasteiger partial charge on any atom is -0.383 e. The summed E-state index contributed by atoms with van der Waals surface area (Å²) in [5.41, 5.74) is 8.91. The van der Waals surface area contributed by atoms with Crippen molar-refractivity contribution in [1.82, 2.24) is 9.97 Å². The zero-order chi connectivity index (χ0) is 15.0. The van der Waals surface area contributed by atoms with Crippen molar-refractivity contribution in [3.8, 4) is 0 Å². The maximum Gasteiger partial charge on any atom is 0.140 e. The quantitative estimate of drug-likeness (QED) is 0.920. The molecule has 0 atom stereocenters. The van der Waals surface area contributed by atoms with Crippen molar-refractivity contribution in [3.05, 3.63) is 52.7 Å². The predicted octanol–water partition coefficient (Wildman–Crippen LogP) is 3.40. The van der Waals surface area contributed by atoms with Crippen LogP contribution in [-0.2, 0) is 18.3 Å². The van der Waals surface area contributed by atoms with Gasteiger partial charge >= 0.3 is 0 Å². The molecular weight excluding hydrogens is 265 g/mol. The average molecular weight is 285 g/mol. The first-order valence-electron chi connectivity index (χ1n) is 7.40. The molecule has 1 aromatic carbocycles. The molecule has 4 heteroatoms. The minimum absolute atomic E-state index is 0.236. The van der Waals surface area contributed by atoms with Crippen LogP contribution in [0.15, 0.2) is 24.3 Å². The van der Waals surface area contributed by atoms with Gasteiger partial charge in [-0.2, -0.15) is 0 Å². The molecule has 0 bridgehead atoms. The van der Waals surface area contributed by atoms with Crippen molar-refractivity contribution in [2.45, 2.75) is 44.9 Å². The highest BCUT2D eigenvalue weighted by Crippen LogP contribution is 2.32. The summed E-state index contributed by atoms with van der Waals surface area (Å²) in [6.07, 6.45) is 4.24. The lowest BCUT2D eigenvalue weighted by molar-refractivity contribution is 0.568. The molecule has 0 saturated carbocycles. The van der Waals surface area contributed by atoms with E-state index in [0.29, 0.717) is 11.6 Å². The van der Waals surface area contributed by atoms with Crippen LogP contribution >= 0.6 is 0 Å². The van der Waals surface area contributed by atoms with Crippen molar-refractivity contribution in [2.75, 3.05) is 5.73 Å². The highest BCUT2D eigenvalue weighted by atomic mass is 19.1. The lowest BCUT2D eigenvalue weighted by Crippen LogP contribution is -2.25. The van der Waals surface area contributed by atoms with Gasteiger partial charge in [-0.25, -0.2) is 14.4 Å². The molecule has 1 aliphatic rings. The molecular formula is C17H20FN3. The van der Waals surface area contributed by atoms with Crippen molar-refractivity contribution in [1.29, 1.82) is 0 Å². The van der Waals surface area contributed by atoms with Crippen LogP contribution in [-0.4, -0.2) is 9.97 Å². The molecule has 0 radical (unpaired) electrons. The van der Waals surface area contributed by atoms with E-state index in [2.05, 4.69) is 4.98 Å². The van der Waals surface area contributed by atoms with Gasteiger partial charge in [0.2, 0.25) is 0 Å². The van der Waals surface area contributed by atoms with Gasteiger partial charge in [-0.15, -0.1) is 0 Å². The standard InChI is InChI=1S/C17H20FN3/c1-17(2,11-7-9-12(18)10-8-11)16-20-14-6-4-3-5-13(14)15(19)21-16/h7-10H,3-6H2,1-2H3,(H2,19,20,21). The summed E-state index contributed by atoms with van der Waals surface area (Å²) >= 11 is 0. The number of nitrogen functional groups attached to an aromatic ring is 1. The molecule has 2 aromatic rings. The number of nitrogens with zero attached hydrogens (tertiary/aromatic N) is 2. The van der Waals surface area contributed by atoms with Crippen LogP contribution in [0.4, 0.5) is 10.2 Å². The van der Waals surface area contributed by atoms with E-state index in [1.54, 1.807) is 12.1 Å². The third-order valence-electron chi connectivity index (χ3n) is 4.34. The average Bonchev–Trinajstić information content (AvgIpc) is 2.47. The molecule has 110 valence electrons. The Kier molecular flexibility index (Phi) is 3.40.